The lowest BCUT2D eigenvalue weighted by Crippen LogP contribution is -2.18. The molecule has 0 fully saturated rings. The van der Waals surface area contributed by atoms with Gasteiger partial charge in [-0.3, -0.25) is 0 Å². The fraction of sp³-hybridized carbons (Fsp3) is 0.294. The first-order chi connectivity index (χ1) is 9.97. The summed E-state index contributed by atoms with van der Waals surface area (Å²) in [6.45, 7) is 4.05. The molecule has 2 aromatic rings. The van der Waals surface area contributed by atoms with Gasteiger partial charge in [0, 0.05) is 15.1 Å². The van der Waals surface area contributed by atoms with E-state index >= 15 is 0 Å². The number of hydrogen-bond donors (Lipinski definition) is 1. The van der Waals surface area contributed by atoms with Crippen molar-refractivity contribution in [2.75, 3.05) is 14.2 Å². The number of halogens is 2. The summed E-state index contributed by atoms with van der Waals surface area (Å²) in [5.74, 6) is 0.867. The summed E-state index contributed by atoms with van der Waals surface area (Å²) in [6, 6.07) is 10.3. The van der Waals surface area contributed by atoms with Gasteiger partial charge >= 0.3 is 0 Å². The maximum atomic E-state index is 6.26. The van der Waals surface area contributed by atoms with Crippen molar-refractivity contribution in [2.24, 2.45) is 0 Å². The van der Waals surface area contributed by atoms with Crippen molar-refractivity contribution in [3.63, 3.8) is 0 Å². The predicted molar refractivity (Wildman–Crippen MR) is 92.5 cm³/mol. The number of ether oxygens (including phenoxy) is 1. The van der Waals surface area contributed by atoms with Crippen molar-refractivity contribution in [1.29, 1.82) is 0 Å². The van der Waals surface area contributed by atoms with Gasteiger partial charge in [0.15, 0.2) is 0 Å². The minimum absolute atomic E-state index is 0.0231. The van der Waals surface area contributed by atoms with Crippen LogP contribution in [0, 0.1) is 13.8 Å². The molecule has 0 aromatic heterocycles. The molecule has 0 saturated carbocycles. The van der Waals surface area contributed by atoms with Crippen molar-refractivity contribution in [2.45, 2.75) is 19.9 Å². The van der Waals surface area contributed by atoms with Gasteiger partial charge in [-0.05, 0) is 55.8 Å². The molecule has 21 heavy (non-hydrogen) atoms. The predicted octanol–water partition coefficient (Wildman–Crippen LogP) is 5.04. The van der Waals surface area contributed by atoms with Gasteiger partial charge in [-0.2, -0.15) is 0 Å². The molecular formula is C17H19BrClNO. The smallest absolute Gasteiger partial charge is 0.124 e. The molecule has 0 bridgehead atoms. The van der Waals surface area contributed by atoms with Crippen LogP contribution in [0.1, 0.15) is 28.3 Å². The van der Waals surface area contributed by atoms with Crippen molar-refractivity contribution < 1.29 is 4.74 Å². The maximum absolute atomic E-state index is 6.26. The molecule has 112 valence electrons. The molecule has 0 aliphatic carbocycles. The zero-order valence-corrected chi connectivity index (χ0v) is 15.0. The SMILES string of the molecule is CNC(c1ccc(C)c(Cl)c1)c1cc(Br)c(C)cc1OC. The Hall–Kier alpha value is -1.03. The number of rotatable bonds is 4. The molecule has 0 heterocycles. The molecule has 4 heteroatoms. The molecule has 1 atom stereocenters. The number of nitrogens with one attached hydrogen (secondary N) is 1. The van der Waals surface area contributed by atoms with E-state index in [-0.39, 0.29) is 6.04 Å². The summed E-state index contributed by atoms with van der Waals surface area (Å²) in [6.07, 6.45) is 0. The second-order valence-corrected chi connectivity index (χ2v) is 6.34. The van der Waals surface area contributed by atoms with E-state index in [2.05, 4.69) is 33.4 Å². The lowest BCUT2D eigenvalue weighted by Gasteiger charge is -2.21. The van der Waals surface area contributed by atoms with Crippen LogP contribution in [-0.4, -0.2) is 14.2 Å². The summed E-state index contributed by atoms with van der Waals surface area (Å²) in [5.41, 5.74) is 4.42. The third-order valence-corrected chi connectivity index (χ3v) is 4.90. The third-order valence-electron chi connectivity index (χ3n) is 3.64. The highest BCUT2D eigenvalue weighted by Gasteiger charge is 2.18. The molecule has 1 N–H and O–H groups in total. The molecule has 1 unspecified atom stereocenters. The average Bonchev–Trinajstić information content (AvgIpc) is 2.46. The van der Waals surface area contributed by atoms with Crippen LogP contribution in [-0.2, 0) is 0 Å². The number of aryl methyl sites for hydroxylation is 2. The Balaban J connectivity index is 2.55. The monoisotopic (exact) mass is 367 g/mol. The van der Waals surface area contributed by atoms with Crippen molar-refractivity contribution >= 4 is 27.5 Å². The first-order valence-corrected chi connectivity index (χ1v) is 7.92. The van der Waals surface area contributed by atoms with Crippen LogP contribution in [0.2, 0.25) is 5.02 Å². The van der Waals surface area contributed by atoms with Gasteiger partial charge in [0.2, 0.25) is 0 Å². The van der Waals surface area contributed by atoms with Crippen LogP contribution in [0.4, 0.5) is 0 Å². The van der Waals surface area contributed by atoms with Crippen LogP contribution < -0.4 is 10.1 Å². The van der Waals surface area contributed by atoms with Gasteiger partial charge in [-0.25, -0.2) is 0 Å². The molecule has 2 nitrogen and oxygen atoms in total. The van der Waals surface area contributed by atoms with E-state index in [0.717, 1.165) is 37.5 Å². The molecular weight excluding hydrogens is 350 g/mol. The van der Waals surface area contributed by atoms with Crippen molar-refractivity contribution in [3.05, 3.63) is 62.1 Å². The fourth-order valence-corrected chi connectivity index (χ4v) is 2.91. The molecule has 2 aromatic carbocycles. The van der Waals surface area contributed by atoms with Gasteiger partial charge < -0.3 is 10.1 Å². The zero-order valence-electron chi connectivity index (χ0n) is 12.6. The fourth-order valence-electron chi connectivity index (χ4n) is 2.36. The molecule has 0 aliphatic rings. The van der Waals surface area contributed by atoms with Crippen LogP contribution in [0.3, 0.4) is 0 Å². The quantitative estimate of drug-likeness (QED) is 0.816. The summed E-state index contributed by atoms with van der Waals surface area (Å²) < 4.78 is 6.61. The average molecular weight is 369 g/mol. The Kier molecular flexibility index (Phi) is 5.31. The second-order valence-electron chi connectivity index (χ2n) is 5.07. The molecule has 0 spiro atoms. The first kappa shape index (κ1) is 16.3. The minimum Gasteiger partial charge on any atom is -0.496 e. The van der Waals surface area contributed by atoms with Crippen LogP contribution >= 0.6 is 27.5 Å². The highest BCUT2D eigenvalue weighted by molar-refractivity contribution is 9.10. The minimum atomic E-state index is 0.0231. The van der Waals surface area contributed by atoms with Gasteiger partial charge in [0.25, 0.3) is 0 Å². The van der Waals surface area contributed by atoms with Crippen molar-refractivity contribution in [3.8, 4) is 5.75 Å². The summed E-state index contributed by atoms with van der Waals surface area (Å²) in [4.78, 5) is 0. The topological polar surface area (TPSA) is 21.3 Å². The van der Waals surface area contributed by atoms with Crippen LogP contribution in [0.5, 0.6) is 5.75 Å². The normalized spacial score (nSPS) is 12.3. The Morgan fingerprint density at radius 1 is 1.14 bits per heavy atom. The molecule has 2 rings (SSSR count). The van der Waals surface area contributed by atoms with Crippen LogP contribution in [0.25, 0.3) is 0 Å². The highest BCUT2D eigenvalue weighted by atomic mass is 79.9. The first-order valence-electron chi connectivity index (χ1n) is 6.75. The maximum Gasteiger partial charge on any atom is 0.124 e. The summed E-state index contributed by atoms with van der Waals surface area (Å²) in [7, 11) is 3.63. The Morgan fingerprint density at radius 3 is 2.43 bits per heavy atom. The number of methoxy groups -OCH3 is 1. The molecule has 0 saturated heterocycles. The van der Waals surface area contributed by atoms with E-state index in [4.69, 9.17) is 16.3 Å². The van der Waals surface area contributed by atoms with Gasteiger partial charge in [0.05, 0.1) is 13.2 Å². The lowest BCUT2D eigenvalue weighted by atomic mass is 9.96. The van der Waals surface area contributed by atoms with Crippen LogP contribution in [0.15, 0.2) is 34.8 Å². The van der Waals surface area contributed by atoms with Crippen molar-refractivity contribution in [1.82, 2.24) is 5.32 Å². The second kappa shape index (κ2) is 6.82. The Morgan fingerprint density at radius 2 is 1.86 bits per heavy atom. The molecule has 0 amide bonds. The largest absolute Gasteiger partial charge is 0.496 e. The van der Waals surface area contributed by atoms with E-state index in [9.17, 15) is 0 Å². The van der Waals surface area contributed by atoms with E-state index < -0.39 is 0 Å². The van der Waals surface area contributed by atoms with Gasteiger partial charge in [-0.1, -0.05) is 39.7 Å². The summed E-state index contributed by atoms with van der Waals surface area (Å²) >= 11 is 9.86. The highest BCUT2D eigenvalue weighted by Crippen LogP contribution is 2.35. The molecule has 0 aliphatic heterocycles. The van der Waals surface area contributed by atoms with Gasteiger partial charge in [-0.15, -0.1) is 0 Å². The number of hydrogen-bond acceptors (Lipinski definition) is 2. The summed E-state index contributed by atoms with van der Waals surface area (Å²) in [5, 5.41) is 4.12. The van der Waals surface area contributed by atoms with E-state index in [1.165, 1.54) is 0 Å². The lowest BCUT2D eigenvalue weighted by molar-refractivity contribution is 0.405. The Labute approximate surface area is 139 Å². The Bertz CT molecular complexity index is 657. The van der Waals surface area contributed by atoms with E-state index in [1.807, 2.05) is 39.1 Å². The standard InChI is InChI=1S/C17H19BrClNO/c1-10-5-6-12(8-15(10)19)17(20-3)13-9-14(18)11(2)7-16(13)21-4/h5-9,17,20H,1-4H3. The third kappa shape index (κ3) is 3.42. The van der Waals surface area contributed by atoms with E-state index in [0.29, 0.717) is 0 Å². The zero-order chi connectivity index (χ0) is 15.6. The van der Waals surface area contributed by atoms with Gasteiger partial charge in [0.1, 0.15) is 5.75 Å². The molecule has 0 radical (unpaired) electrons. The number of benzene rings is 2. The van der Waals surface area contributed by atoms with E-state index in [1.54, 1.807) is 7.11 Å².